The van der Waals surface area contributed by atoms with Gasteiger partial charge in [-0.05, 0) is 30.0 Å². The first-order chi connectivity index (χ1) is 8.06. The maximum absolute atomic E-state index is 11.9. The number of aromatic nitrogens is 2. The van der Waals surface area contributed by atoms with Crippen LogP contribution in [0.1, 0.15) is 0 Å². The zero-order valence-electron chi connectivity index (χ0n) is 10.1. The van der Waals surface area contributed by atoms with Gasteiger partial charge in [0.2, 0.25) is 0 Å². The molecule has 7 heteroatoms. The third-order valence-electron chi connectivity index (χ3n) is 2.20. The fraction of sp³-hybridized carbons (Fsp3) is 0.600. The predicted octanol–water partition coefficient (Wildman–Crippen LogP) is -0.0620. The molecule has 0 aliphatic rings. The highest BCUT2D eigenvalue weighted by Gasteiger charge is 2.08. The first-order valence-corrected chi connectivity index (χ1v) is 6.20. The Hall–Kier alpha value is -0.920. The Balaban J connectivity index is 2.83. The Morgan fingerprint density at radius 3 is 2.88 bits per heavy atom. The summed E-state index contributed by atoms with van der Waals surface area (Å²) in [5, 5.41) is 7.15. The molecule has 3 N–H and O–H groups in total. The molecule has 1 heterocycles. The summed E-state index contributed by atoms with van der Waals surface area (Å²) in [6.07, 6.45) is 1.64. The van der Waals surface area contributed by atoms with Gasteiger partial charge in [0.25, 0.3) is 5.56 Å². The van der Waals surface area contributed by atoms with Crippen molar-refractivity contribution in [2.45, 2.75) is 6.54 Å². The van der Waals surface area contributed by atoms with Crippen molar-refractivity contribution >= 4 is 21.6 Å². The van der Waals surface area contributed by atoms with E-state index < -0.39 is 0 Å². The quantitative estimate of drug-likeness (QED) is 0.770. The minimum atomic E-state index is -0.131. The maximum atomic E-state index is 11.9. The smallest absolute Gasteiger partial charge is 0.283 e. The van der Waals surface area contributed by atoms with E-state index in [1.165, 1.54) is 4.68 Å². The van der Waals surface area contributed by atoms with E-state index in [2.05, 4.69) is 26.3 Å². The van der Waals surface area contributed by atoms with Gasteiger partial charge in [0.1, 0.15) is 4.47 Å². The van der Waals surface area contributed by atoms with Gasteiger partial charge in [0.05, 0.1) is 18.4 Å². The van der Waals surface area contributed by atoms with Crippen molar-refractivity contribution in [2.75, 3.05) is 39.0 Å². The van der Waals surface area contributed by atoms with Gasteiger partial charge in [-0.15, -0.1) is 0 Å². The number of nitrogens with two attached hydrogens (primary N) is 1. The summed E-state index contributed by atoms with van der Waals surface area (Å²) in [4.78, 5) is 13.9. The van der Waals surface area contributed by atoms with Crippen LogP contribution in [0.25, 0.3) is 0 Å². The van der Waals surface area contributed by atoms with Gasteiger partial charge < -0.3 is 16.0 Å². The molecule has 0 unspecified atom stereocenters. The molecule has 1 rings (SSSR count). The highest BCUT2D eigenvalue weighted by Crippen LogP contribution is 2.15. The SMILES string of the molecule is CN(C)CCn1ncc(NCCN)c(Br)c1=O. The van der Waals surface area contributed by atoms with Gasteiger partial charge >= 0.3 is 0 Å². The summed E-state index contributed by atoms with van der Waals surface area (Å²) in [6, 6.07) is 0. The van der Waals surface area contributed by atoms with Crippen LogP contribution >= 0.6 is 15.9 Å². The van der Waals surface area contributed by atoms with Crippen LogP contribution in [0.3, 0.4) is 0 Å². The molecule has 6 nitrogen and oxygen atoms in total. The average Bonchev–Trinajstić information content (AvgIpc) is 2.29. The fourth-order valence-corrected chi connectivity index (χ4v) is 1.70. The van der Waals surface area contributed by atoms with Crippen LogP contribution in [-0.4, -0.2) is 48.4 Å². The lowest BCUT2D eigenvalue weighted by Crippen LogP contribution is -2.29. The third kappa shape index (κ3) is 4.10. The number of nitrogens with zero attached hydrogens (tertiary/aromatic N) is 3. The van der Waals surface area contributed by atoms with E-state index in [1.807, 2.05) is 19.0 Å². The van der Waals surface area contributed by atoms with E-state index in [-0.39, 0.29) is 5.56 Å². The summed E-state index contributed by atoms with van der Waals surface area (Å²) in [5.41, 5.74) is 5.94. The van der Waals surface area contributed by atoms with Crippen LogP contribution in [0.4, 0.5) is 5.69 Å². The van der Waals surface area contributed by atoms with Crippen molar-refractivity contribution in [1.82, 2.24) is 14.7 Å². The summed E-state index contributed by atoms with van der Waals surface area (Å²) >= 11 is 3.28. The van der Waals surface area contributed by atoms with Gasteiger partial charge in [-0.25, -0.2) is 4.68 Å². The fourth-order valence-electron chi connectivity index (χ4n) is 1.25. The molecule has 0 atom stereocenters. The highest BCUT2D eigenvalue weighted by molar-refractivity contribution is 9.10. The monoisotopic (exact) mass is 303 g/mol. The third-order valence-corrected chi connectivity index (χ3v) is 2.97. The molecular weight excluding hydrogens is 286 g/mol. The van der Waals surface area contributed by atoms with Crippen LogP contribution < -0.4 is 16.6 Å². The topological polar surface area (TPSA) is 76.2 Å². The largest absolute Gasteiger partial charge is 0.381 e. The summed E-state index contributed by atoms with van der Waals surface area (Å²) in [6.45, 7) is 2.47. The summed E-state index contributed by atoms with van der Waals surface area (Å²) < 4.78 is 1.94. The minimum absolute atomic E-state index is 0.131. The molecule has 0 amide bonds. The lowest BCUT2D eigenvalue weighted by atomic mass is 10.4. The first-order valence-electron chi connectivity index (χ1n) is 5.40. The maximum Gasteiger partial charge on any atom is 0.283 e. The number of hydrogen-bond donors (Lipinski definition) is 2. The van der Waals surface area contributed by atoms with Crippen molar-refractivity contribution in [2.24, 2.45) is 5.73 Å². The Labute approximate surface area is 109 Å². The molecule has 1 aromatic rings. The number of rotatable bonds is 6. The highest BCUT2D eigenvalue weighted by atomic mass is 79.9. The van der Waals surface area contributed by atoms with Gasteiger partial charge in [-0.1, -0.05) is 0 Å². The Morgan fingerprint density at radius 1 is 1.59 bits per heavy atom. The second-order valence-corrected chi connectivity index (χ2v) is 4.71. The zero-order chi connectivity index (χ0) is 12.8. The van der Waals surface area contributed by atoms with Crippen LogP contribution in [0.15, 0.2) is 15.5 Å². The number of likely N-dealkylation sites (N-methyl/N-ethyl adjacent to an activating group) is 1. The molecule has 96 valence electrons. The van der Waals surface area contributed by atoms with Crippen molar-refractivity contribution in [3.63, 3.8) is 0 Å². The van der Waals surface area contributed by atoms with Gasteiger partial charge in [-0.2, -0.15) is 5.10 Å². The van der Waals surface area contributed by atoms with Crippen LogP contribution in [-0.2, 0) is 6.54 Å². The van der Waals surface area contributed by atoms with E-state index in [4.69, 9.17) is 5.73 Å². The second-order valence-electron chi connectivity index (χ2n) is 3.92. The van der Waals surface area contributed by atoms with Gasteiger partial charge in [0.15, 0.2) is 0 Å². The zero-order valence-corrected chi connectivity index (χ0v) is 11.7. The molecule has 0 aliphatic carbocycles. The summed E-state index contributed by atoms with van der Waals surface area (Å²) in [5.74, 6) is 0. The van der Waals surface area contributed by atoms with E-state index in [9.17, 15) is 4.79 Å². The lowest BCUT2D eigenvalue weighted by molar-refractivity contribution is 0.367. The Morgan fingerprint density at radius 2 is 2.29 bits per heavy atom. The van der Waals surface area contributed by atoms with E-state index in [1.54, 1.807) is 6.20 Å². The molecule has 0 bridgehead atoms. The molecule has 0 radical (unpaired) electrons. The van der Waals surface area contributed by atoms with Crippen LogP contribution in [0.2, 0.25) is 0 Å². The lowest BCUT2D eigenvalue weighted by Gasteiger charge is -2.12. The summed E-state index contributed by atoms with van der Waals surface area (Å²) in [7, 11) is 3.91. The van der Waals surface area contributed by atoms with Crippen molar-refractivity contribution in [3.8, 4) is 0 Å². The number of halogens is 1. The molecule has 17 heavy (non-hydrogen) atoms. The van der Waals surface area contributed by atoms with Crippen LogP contribution in [0.5, 0.6) is 0 Å². The number of anilines is 1. The molecule has 0 aliphatic heterocycles. The van der Waals surface area contributed by atoms with Crippen LogP contribution in [0, 0.1) is 0 Å². The molecule has 0 saturated carbocycles. The van der Waals surface area contributed by atoms with Crippen molar-refractivity contribution in [3.05, 3.63) is 21.0 Å². The Kier molecular flexibility index (Phi) is 5.60. The molecule has 0 fully saturated rings. The van der Waals surface area contributed by atoms with E-state index in [0.717, 1.165) is 6.54 Å². The molecular formula is C10H18BrN5O. The van der Waals surface area contributed by atoms with Gasteiger partial charge in [0, 0.05) is 19.6 Å². The van der Waals surface area contributed by atoms with E-state index in [0.29, 0.717) is 29.8 Å². The second kappa shape index (κ2) is 6.73. The van der Waals surface area contributed by atoms with Gasteiger partial charge in [-0.3, -0.25) is 4.79 Å². The van der Waals surface area contributed by atoms with Crippen molar-refractivity contribution in [1.29, 1.82) is 0 Å². The number of nitrogens with one attached hydrogen (secondary N) is 1. The molecule has 0 saturated heterocycles. The normalized spacial score (nSPS) is 10.9. The van der Waals surface area contributed by atoms with E-state index >= 15 is 0 Å². The predicted molar refractivity (Wildman–Crippen MR) is 72.3 cm³/mol. The standard InChI is InChI=1S/C10H18BrN5O/c1-15(2)5-6-16-10(17)9(11)8(7-14-16)13-4-3-12/h7,13H,3-6,12H2,1-2H3. The minimum Gasteiger partial charge on any atom is -0.381 e. The molecule has 1 aromatic heterocycles. The average molecular weight is 304 g/mol. The molecule has 0 aromatic carbocycles. The van der Waals surface area contributed by atoms with Crippen molar-refractivity contribution < 1.29 is 0 Å². The number of hydrogen-bond acceptors (Lipinski definition) is 5. The molecule has 0 spiro atoms. The Bertz CT molecular complexity index is 418. The first kappa shape index (κ1) is 14.1.